The van der Waals surface area contributed by atoms with E-state index in [1.54, 1.807) is 21.3 Å². The molecule has 2 heterocycles. The minimum Gasteiger partial charge on any atom is -0.493 e. The maximum atomic E-state index is 5.38. The zero-order valence-corrected chi connectivity index (χ0v) is 22.5. The molecule has 2 aromatic rings. The molecular formula is C24H37IN6O2. The smallest absolute Gasteiger partial charge is 0.191 e. The first-order valence-electron chi connectivity index (χ1n) is 11.2. The average molecular weight is 569 g/mol. The van der Waals surface area contributed by atoms with E-state index in [1.165, 1.54) is 11.1 Å². The van der Waals surface area contributed by atoms with Crippen molar-refractivity contribution in [1.29, 1.82) is 0 Å². The van der Waals surface area contributed by atoms with Crippen LogP contribution in [0.2, 0.25) is 0 Å². The summed E-state index contributed by atoms with van der Waals surface area (Å²) in [5.41, 5.74) is 2.36. The monoisotopic (exact) mass is 568 g/mol. The number of ether oxygens (including phenoxy) is 2. The van der Waals surface area contributed by atoms with Crippen molar-refractivity contribution in [3.8, 4) is 11.5 Å². The van der Waals surface area contributed by atoms with Gasteiger partial charge in [-0.1, -0.05) is 13.0 Å². The number of piperazine rings is 1. The Kier molecular flexibility index (Phi) is 11.5. The predicted molar refractivity (Wildman–Crippen MR) is 145 cm³/mol. The van der Waals surface area contributed by atoms with Gasteiger partial charge in [-0.3, -0.25) is 4.99 Å². The van der Waals surface area contributed by atoms with Crippen molar-refractivity contribution in [2.24, 2.45) is 4.99 Å². The van der Waals surface area contributed by atoms with Gasteiger partial charge in [0.2, 0.25) is 0 Å². The Hall–Kier alpha value is -2.27. The molecule has 1 aromatic heterocycles. The molecule has 0 atom stereocenters. The lowest BCUT2D eigenvalue weighted by Gasteiger charge is -2.34. The zero-order valence-electron chi connectivity index (χ0n) is 20.1. The number of rotatable bonds is 9. The van der Waals surface area contributed by atoms with Crippen molar-refractivity contribution in [2.45, 2.75) is 19.9 Å². The highest BCUT2D eigenvalue weighted by Gasteiger charge is 2.16. The molecule has 0 spiro atoms. The van der Waals surface area contributed by atoms with E-state index in [0.717, 1.165) is 69.0 Å². The second-order valence-electron chi connectivity index (χ2n) is 7.74. The van der Waals surface area contributed by atoms with Crippen LogP contribution >= 0.6 is 24.0 Å². The fraction of sp³-hybridized carbons (Fsp3) is 0.500. The molecule has 0 aliphatic carbocycles. The van der Waals surface area contributed by atoms with Gasteiger partial charge in [-0.15, -0.1) is 24.0 Å². The van der Waals surface area contributed by atoms with Gasteiger partial charge < -0.3 is 29.9 Å². The number of methoxy groups -OCH3 is 2. The number of benzene rings is 1. The van der Waals surface area contributed by atoms with Gasteiger partial charge in [-0.2, -0.15) is 0 Å². The second kappa shape index (κ2) is 14.1. The normalized spacial score (nSPS) is 14.4. The highest BCUT2D eigenvalue weighted by atomic mass is 127. The van der Waals surface area contributed by atoms with Gasteiger partial charge in [0.05, 0.1) is 14.2 Å². The third kappa shape index (κ3) is 7.92. The maximum absolute atomic E-state index is 5.38. The number of nitrogens with zero attached hydrogens (tertiary/aromatic N) is 4. The minimum atomic E-state index is 0. The predicted octanol–water partition coefficient (Wildman–Crippen LogP) is 2.77. The van der Waals surface area contributed by atoms with Crippen LogP contribution in [0.1, 0.15) is 18.1 Å². The first-order valence-corrected chi connectivity index (χ1v) is 11.2. The minimum absolute atomic E-state index is 0. The molecule has 2 N–H and O–H groups in total. The number of pyridine rings is 1. The van der Waals surface area contributed by atoms with Gasteiger partial charge in [0, 0.05) is 52.5 Å². The van der Waals surface area contributed by atoms with E-state index >= 15 is 0 Å². The van der Waals surface area contributed by atoms with Crippen LogP contribution in [0.3, 0.4) is 0 Å². The van der Waals surface area contributed by atoms with Crippen LogP contribution in [0.25, 0.3) is 0 Å². The summed E-state index contributed by atoms with van der Waals surface area (Å²) in [5.74, 6) is 3.32. The molecule has 1 aliphatic heterocycles. The lowest BCUT2D eigenvalue weighted by Crippen LogP contribution is -2.46. The fourth-order valence-electron chi connectivity index (χ4n) is 3.80. The molecule has 0 amide bonds. The van der Waals surface area contributed by atoms with E-state index < -0.39 is 0 Å². The summed E-state index contributed by atoms with van der Waals surface area (Å²) in [4.78, 5) is 13.8. The lowest BCUT2D eigenvalue weighted by atomic mass is 10.1. The van der Waals surface area contributed by atoms with E-state index in [0.29, 0.717) is 6.54 Å². The van der Waals surface area contributed by atoms with Crippen molar-refractivity contribution < 1.29 is 9.47 Å². The quantitative estimate of drug-likeness (QED) is 0.274. The van der Waals surface area contributed by atoms with Crippen molar-refractivity contribution in [2.75, 3.05) is 65.4 Å². The van der Waals surface area contributed by atoms with Gasteiger partial charge in [0.25, 0.3) is 0 Å². The van der Waals surface area contributed by atoms with Gasteiger partial charge in [0.1, 0.15) is 5.82 Å². The van der Waals surface area contributed by atoms with Crippen LogP contribution in [-0.2, 0) is 13.0 Å². The van der Waals surface area contributed by atoms with E-state index in [4.69, 9.17) is 9.47 Å². The Labute approximate surface area is 214 Å². The van der Waals surface area contributed by atoms with Crippen LogP contribution in [0.5, 0.6) is 11.5 Å². The number of aliphatic imine (C=N–C) groups is 1. The first-order chi connectivity index (χ1) is 15.7. The largest absolute Gasteiger partial charge is 0.493 e. The molecule has 182 valence electrons. The summed E-state index contributed by atoms with van der Waals surface area (Å²) in [6, 6.07) is 10.2. The number of aromatic nitrogens is 1. The fourth-order valence-corrected chi connectivity index (χ4v) is 3.80. The van der Waals surface area contributed by atoms with Gasteiger partial charge in [-0.05, 0) is 48.4 Å². The number of hydrogen-bond acceptors (Lipinski definition) is 6. The van der Waals surface area contributed by atoms with Gasteiger partial charge in [-0.25, -0.2) is 4.98 Å². The molecule has 0 bridgehead atoms. The lowest BCUT2D eigenvalue weighted by molar-refractivity contribution is 0.270. The number of nitrogens with one attached hydrogen (secondary N) is 2. The molecular weight excluding hydrogens is 531 g/mol. The highest BCUT2D eigenvalue weighted by molar-refractivity contribution is 14.0. The van der Waals surface area contributed by atoms with Crippen molar-refractivity contribution in [3.63, 3.8) is 0 Å². The topological polar surface area (TPSA) is 74.2 Å². The summed E-state index contributed by atoms with van der Waals surface area (Å²) in [5, 5.41) is 6.78. The maximum Gasteiger partial charge on any atom is 0.191 e. The SMILES string of the molecule is CCN1CCN(c2cc(CNC(=NC)NCCc3ccc(OC)c(OC)c3)ccn2)CC1.I. The number of halogens is 1. The Bertz CT molecular complexity index is 887. The number of anilines is 1. The Morgan fingerprint density at radius 3 is 2.42 bits per heavy atom. The summed E-state index contributed by atoms with van der Waals surface area (Å²) in [7, 11) is 5.09. The third-order valence-corrected chi connectivity index (χ3v) is 5.79. The Balaban J connectivity index is 0.00000385. The molecule has 1 saturated heterocycles. The summed E-state index contributed by atoms with van der Waals surface area (Å²) < 4.78 is 10.7. The molecule has 1 fully saturated rings. The van der Waals surface area contributed by atoms with E-state index in [9.17, 15) is 0 Å². The molecule has 33 heavy (non-hydrogen) atoms. The summed E-state index contributed by atoms with van der Waals surface area (Å²) in [6.07, 6.45) is 2.75. The second-order valence-corrected chi connectivity index (χ2v) is 7.74. The molecule has 0 radical (unpaired) electrons. The molecule has 8 nitrogen and oxygen atoms in total. The van der Waals surface area contributed by atoms with Crippen LogP contribution in [0, 0.1) is 0 Å². The molecule has 0 saturated carbocycles. The zero-order chi connectivity index (χ0) is 22.8. The van der Waals surface area contributed by atoms with E-state index in [2.05, 4.69) is 55.5 Å². The molecule has 3 rings (SSSR count). The van der Waals surface area contributed by atoms with Crippen molar-refractivity contribution >= 4 is 35.8 Å². The first kappa shape index (κ1) is 27.0. The molecule has 9 heteroatoms. The van der Waals surface area contributed by atoms with Gasteiger partial charge >= 0.3 is 0 Å². The van der Waals surface area contributed by atoms with Crippen LogP contribution < -0.4 is 25.0 Å². The summed E-state index contributed by atoms with van der Waals surface area (Å²) >= 11 is 0. The molecule has 1 aliphatic rings. The van der Waals surface area contributed by atoms with Crippen molar-refractivity contribution in [3.05, 3.63) is 47.7 Å². The van der Waals surface area contributed by atoms with E-state index in [1.807, 2.05) is 18.3 Å². The number of likely N-dealkylation sites (N-methyl/N-ethyl adjacent to an activating group) is 1. The van der Waals surface area contributed by atoms with Crippen LogP contribution in [0.15, 0.2) is 41.5 Å². The van der Waals surface area contributed by atoms with Crippen molar-refractivity contribution in [1.82, 2.24) is 20.5 Å². The third-order valence-electron chi connectivity index (χ3n) is 5.79. The van der Waals surface area contributed by atoms with Crippen LogP contribution in [-0.4, -0.2) is 76.4 Å². The molecule has 0 unspecified atom stereocenters. The van der Waals surface area contributed by atoms with Gasteiger partial charge in [0.15, 0.2) is 17.5 Å². The number of hydrogen-bond donors (Lipinski definition) is 2. The average Bonchev–Trinajstić information content (AvgIpc) is 2.86. The Morgan fingerprint density at radius 1 is 1.00 bits per heavy atom. The highest BCUT2D eigenvalue weighted by Crippen LogP contribution is 2.27. The number of guanidine groups is 1. The standard InChI is InChI=1S/C24H36N6O2.HI/c1-5-29-12-14-30(15-13-29)23-17-20(9-10-26-23)18-28-24(25-2)27-11-8-19-6-7-21(31-3)22(16-19)32-4;/h6-7,9-10,16-17H,5,8,11-15,18H2,1-4H3,(H2,25,27,28);1H. The van der Waals surface area contributed by atoms with E-state index in [-0.39, 0.29) is 24.0 Å². The van der Waals surface area contributed by atoms with Crippen LogP contribution in [0.4, 0.5) is 5.82 Å². The summed E-state index contributed by atoms with van der Waals surface area (Å²) in [6.45, 7) is 9.03. The molecule has 1 aromatic carbocycles. The Morgan fingerprint density at radius 2 is 1.76 bits per heavy atom.